The van der Waals surface area contributed by atoms with Crippen molar-refractivity contribution in [2.45, 2.75) is 155 Å². The van der Waals surface area contributed by atoms with Crippen molar-refractivity contribution in [2.24, 2.45) is 38.4 Å². The first kappa shape index (κ1) is 34.9. The van der Waals surface area contributed by atoms with E-state index in [1.54, 1.807) is 0 Å². The predicted octanol–water partition coefficient (Wildman–Crippen LogP) is 9.55. The third-order valence-corrected chi connectivity index (χ3v) is 9.76. The van der Waals surface area contributed by atoms with Gasteiger partial charge in [-0.15, -0.1) is 0 Å². The van der Waals surface area contributed by atoms with Gasteiger partial charge in [0.25, 0.3) is 0 Å². The average molecular weight is 511 g/mol. The summed E-state index contributed by atoms with van der Waals surface area (Å²) in [4.78, 5) is 26.4. The van der Waals surface area contributed by atoms with Gasteiger partial charge in [-0.1, -0.05) is 96.9 Å². The Hall–Kier alpha value is -1.06. The Morgan fingerprint density at radius 2 is 1.17 bits per heavy atom. The molecule has 0 aromatic rings. The van der Waals surface area contributed by atoms with Crippen molar-refractivity contribution in [1.82, 2.24) is 0 Å². The zero-order valence-electron chi connectivity index (χ0n) is 27.0. The Labute approximate surface area is 224 Å². The van der Waals surface area contributed by atoms with Crippen LogP contribution in [-0.2, 0) is 14.3 Å². The number of carbonyl (C=O) groups is 2. The largest absolute Gasteiger partial charge is 0.481 e. The molecule has 0 aliphatic carbocycles. The van der Waals surface area contributed by atoms with E-state index in [4.69, 9.17) is 4.74 Å². The molecule has 214 valence electrons. The summed E-state index contributed by atoms with van der Waals surface area (Å²) in [5, 5.41) is 10.1. The van der Waals surface area contributed by atoms with Crippen molar-refractivity contribution >= 4 is 11.9 Å². The van der Waals surface area contributed by atoms with E-state index in [1.165, 1.54) is 0 Å². The lowest BCUT2D eigenvalue weighted by Crippen LogP contribution is -2.50. The molecule has 2 unspecified atom stereocenters. The molecule has 1 N–H and O–H groups in total. The number of rotatable bonds is 13. The van der Waals surface area contributed by atoms with Crippen LogP contribution >= 0.6 is 0 Å². The van der Waals surface area contributed by atoms with E-state index < -0.39 is 22.4 Å². The van der Waals surface area contributed by atoms with Gasteiger partial charge >= 0.3 is 11.9 Å². The summed E-state index contributed by atoms with van der Waals surface area (Å²) in [5.41, 5.74) is -2.91. The lowest BCUT2D eigenvalue weighted by atomic mass is 9.56. The van der Waals surface area contributed by atoms with Crippen molar-refractivity contribution in [2.75, 3.05) is 0 Å². The van der Waals surface area contributed by atoms with Gasteiger partial charge in [-0.05, 0) is 80.0 Å². The monoisotopic (exact) mass is 510 g/mol. The Balaban J connectivity index is 6.22. The highest BCUT2D eigenvalue weighted by Gasteiger charge is 2.53. The van der Waals surface area contributed by atoms with Crippen LogP contribution in [-0.4, -0.2) is 22.6 Å². The number of carboxylic acids is 1. The van der Waals surface area contributed by atoms with Gasteiger partial charge in [0.05, 0.1) is 10.8 Å². The van der Waals surface area contributed by atoms with Gasteiger partial charge in [-0.3, -0.25) is 9.59 Å². The molecule has 4 nitrogen and oxygen atoms in total. The summed E-state index contributed by atoms with van der Waals surface area (Å²) in [6.07, 6.45) is 4.55. The summed E-state index contributed by atoms with van der Waals surface area (Å²) in [5.74, 6) is -0.598. The summed E-state index contributed by atoms with van der Waals surface area (Å²) in [7, 11) is 0. The van der Waals surface area contributed by atoms with E-state index in [1.807, 2.05) is 27.7 Å². The number of esters is 1. The molecule has 0 heterocycles. The van der Waals surface area contributed by atoms with Crippen LogP contribution in [0.25, 0.3) is 0 Å². The molecule has 0 aliphatic heterocycles. The van der Waals surface area contributed by atoms with Crippen LogP contribution in [0.4, 0.5) is 0 Å². The van der Waals surface area contributed by atoms with E-state index in [2.05, 4.69) is 83.1 Å². The van der Waals surface area contributed by atoms with Crippen molar-refractivity contribution in [1.29, 1.82) is 0 Å². The highest BCUT2D eigenvalue weighted by atomic mass is 16.6. The summed E-state index contributed by atoms with van der Waals surface area (Å²) < 4.78 is 6.47. The van der Waals surface area contributed by atoms with Crippen LogP contribution in [0.1, 0.15) is 149 Å². The minimum absolute atomic E-state index is 0.0480. The number of carbonyl (C=O) groups excluding carboxylic acids is 1. The van der Waals surface area contributed by atoms with Crippen LogP contribution in [0.2, 0.25) is 0 Å². The second-order valence-electron chi connectivity index (χ2n) is 16.0. The van der Waals surface area contributed by atoms with Crippen molar-refractivity contribution < 1.29 is 19.4 Å². The number of aliphatic carboxylic acids is 1. The van der Waals surface area contributed by atoms with Crippen molar-refractivity contribution in [3.05, 3.63) is 0 Å². The number of carboxylic acid groups (broad SMARTS) is 1. The molecular formula is C32H62O4. The molecule has 0 radical (unpaired) electrons. The van der Waals surface area contributed by atoms with Crippen LogP contribution in [0, 0.1) is 38.4 Å². The summed E-state index contributed by atoms with van der Waals surface area (Å²) in [6.45, 7) is 33.8. The first-order valence-corrected chi connectivity index (χ1v) is 14.2. The fourth-order valence-corrected chi connectivity index (χ4v) is 5.91. The first-order chi connectivity index (χ1) is 15.8. The topological polar surface area (TPSA) is 63.6 Å². The van der Waals surface area contributed by atoms with Crippen LogP contribution in [0.3, 0.4) is 0 Å². The van der Waals surface area contributed by atoms with Crippen LogP contribution in [0.5, 0.6) is 0 Å². The van der Waals surface area contributed by atoms with E-state index >= 15 is 0 Å². The Morgan fingerprint density at radius 3 is 1.47 bits per heavy atom. The highest BCUT2D eigenvalue weighted by molar-refractivity contribution is 5.78. The van der Waals surface area contributed by atoms with Gasteiger partial charge in [-0.25, -0.2) is 0 Å². The molecule has 0 fully saturated rings. The molecule has 0 amide bonds. The Morgan fingerprint density at radius 1 is 0.722 bits per heavy atom. The normalized spacial score (nSPS) is 17.5. The number of ether oxygens (including phenoxy) is 1. The molecule has 4 heteroatoms. The molecule has 0 rings (SSSR count). The third-order valence-electron chi connectivity index (χ3n) is 9.76. The Kier molecular flexibility index (Phi) is 11.0. The lowest BCUT2D eigenvalue weighted by Gasteiger charge is -2.49. The van der Waals surface area contributed by atoms with E-state index in [-0.39, 0.29) is 33.5 Å². The number of hydrogen-bond acceptors (Lipinski definition) is 3. The van der Waals surface area contributed by atoms with Gasteiger partial charge in [0.1, 0.15) is 5.60 Å². The van der Waals surface area contributed by atoms with E-state index in [0.717, 1.165) is 32.1 Å². The highest BCUT2D eigenvalue weighted by Crippen LogP contribution is 2.54. The second-order valence-corrected chi connectivity index (χ2v) is 16.0. The fraction of sp³-hybridized carbons (Fsp3) is 0.938. The minimum Gasteiger partial charge on any atom is -0.481 e. The van der Waals surface area contributed by atoms with Gasteiger partial charge in [0.2, 0.25) is 0 Å². The molecule has 0 aliphatic rings. The smallest absolute Gasteiger partial charge is 0.312 e. The molecule has 0 spiro atoms. The molecule has 36 heavy (non-hydrogen) atoms. The molecule has 0 aromatic heterocycles. The maximum Gasteiger partial charge on any atom is 0.312 e. The maximum absolute atomic E-state index is 14.1. The molecule has 0 bridgehead atoms. The molecular weight excluding hydrogens is 448 g/mol. The Bertz CT molecular complexity index is 743. The summed E-state index contributed by atoms with van der Waals surface area (Å²) >= 11 is 0. The SMILES string of the molecule is CCC(CC)(OC(=O)C(C)(CC(C)(C)C)C(C)(C)CCC(C)(C)CC(C)(C(=O)O)C(C)(C)C)C(C)C. The number of hydrogen-bond donors (Lipinski definition) is 1. The van der Waals surface area contributed by atoms with E-state index in [9.17, 15) is 14.7 Å². The summed E-state index contributed by atoms with van der Waals surface area (Å²) in [6, 6.07) is 0. The zero-order valence-corrected chi connectivity index (χ0v) is 27.0. The average Bonchev–Trinajstić information content (AvgIpc) is 2.67. The quantitative estimate of drug-likeness (QED) is 0.250. The van der Waals surface area contributed by atoms with Crippen molar-refractivity contribution in [3.63, 3.8) is 0 Å². The van der Waals surface area contributed by atoms with Crippen LogP contribution in [0.15, 0.2) is 0 Å². The predicted molar refractivity (Wildman–Crippen MR) is 153 cm³/mol. The van der Waals surface area contributed by atoms with Crippen molar-refractivity contribution in [3.8, 4) is 0 Å². The molecule has 2 atom stereocenters. The van der Waals surface area contributed by atoms with Crippen LogP contribution < -0.4 is 0 Å². The molecule has 0 saturated heterocycles. The zero-order chi connectivity index (χ0) is 29.2. The van der Waals surface area contributed by atoms with Gasteiger partial charge in [-0.2, -0.15) is 0 Å². The lowest BCUT2D eigenvalue weighted by molar-refractivity contribution is -0.189. The maximum atomic E-state index is 14.1. The van der Waals surface area contributed by atoms with Gasteiger partial charge < -0.3 is 9.84 Å². The molecule has 0 saturated carbocycles. The first-order valence-electron chi connectivity index (χ1n) is 14.2. The molecule has 0 aromatic carbocycles. The second kappa shape index (κ2) is 11.4. The third kappa shape index (κ3) is 7.97. The van der Waals surface area contributed by atoms with E-state index in [0.29, 0.717) is 6.42 Å². The van der Waals surface area contributed by atoms with Gasteiger partial charge in [0.15, 0.2) is 0 Å². The standard InChI is InChI=1S/C32H62O4/c1-17-32(18-2,23(3)4)36-25(35)31(16,21-26(5,6)7)29(13,14)20-19-28(11,12)22-30(15,24(33)34)27(8,9)10/h23H,17-22H2,1-16H3,(H,33,34). The minimum atomic E-state index is -0.840. The van der Waals surface area contributed by atoms with Gasteiger partial charge in [0, 0.05) is 0 Å². The fourth-order valence-electron chi connectivity index (χ4n) is 5.91.